The zero-order valence-corrected chi connectivity index (χ0v) is 19.8. The van der Waals surface area contributed by atoms with Gasteiger partial charge in [-0.05, 0) is 59.4 Å². The van der Waals surface area contributed by atoms with E-state index in [4.69, 9.17) is 22.1 Å². The molecule has 2 unspecified atom stereocenters. The first-order chi connectivity index (χ1) is 15.9. The summed E-state index contributed by atoms with van der Waals surface area (Å²) in [6.45, 7) is 6.97. The highest BCUT2D eigenvalue weighted by molar-refractivity contribution is 6.30. The predicted molar refractivity (Wildman–Crippen MR) is 135 cm³/mol. The summed E-state index contributed by atoms with van der Waals surface area (Å²) in [7, 11) is 0. The molecular weight excluding hydrogens is 432 g/mol. The van der Waals surface area contributed by atoms with E-state index in [1.807, 2.05) is 48.5 Å². The Hall–Kier alpha value is -2.92. The van der Waals surface area contributed by atoms with Crippen LogP contribution in [0.3, 0.4) is 0 Å². The van der Waals surface area contributed by atoms with Crippen LogP contribution in [-0.4, -0.2) is 36.1 Å². The Morgan fingerprint density at radius 3 is 1.91 bits per heavy atom. The minimum Gasteiger partial charge on any atom is -0.373 e. The second kappa shape index (κ2) is 10.3. The number of nitrogens with two attached hydrogens (primary N) is 1. The third-order valence-corrected chi connectivity index (χ3v) is 6.08. The summed E-state index contributed by atoms with van der Waals surface area (Å²) in [6, 6.07) is 24.2. The quantitative estimate of drug-likeness (QED) is 0.492. The lowest BCUT2D eigenvalue weighted by atomic mass is 9.94. The van der Waals surface area contributed by atoms with E-state index in [9.17, 15) is 4.79 Å². The summed E-state index contributed by atoms with van der Waals surface area (Å²) in [6.07, 6.45) is 1.99. The van der Waals surface area contributed by atoms with Crippen molar-refractivity contribution >= 4 is 23.1 Å². The third-order valence-electron chi connectivity index (χ3n) is 5.83. The SMILES string of the molecule is CC1CN(Cc2ccc(/C(=C/C(N)=O)c3ccc(-c4ccc(Cl)cc4)cc3)cc2)CC(C)O1. The van der Waals surface area contributed by atoms with E-state index in [0.29, 0.717) is 5.02 Å². The Labute approximate surface area is 200 Å². The molecule has 1 aliphatic heterocycles. The van der Waals surface area contributed by atoms with Gasteiger partial charge in [0.15, 0.2) is 0 Å². The highest BCUT2D eigenvalue weighted by Crippen LogP contribution is 2.28. The molecule has 1 aliphatic rings. The van der Waals surface area contributed by atoms with Gasteiger partial charge in [-0.25, -0.2) is 0 Å². The molecule has 2 atom stereocenters. The number of benzene rings is 3. The van der Waals surface area contributed by atoms with Crippen molar-refractivity contribution in [1.29, 1.82) is 0 Å². The lowest BCUT2D eigenvalue weighted by Gasteiger charge is -2.35. The summed E-state index contributed by atoms with van der Waals surface area (Å²) in [4.78, 5) is 14.2. The Kier molecular flexibility index (Phi) is 7.29. The molecule has 2 N–H and O–H groups in total. The van der Waals surface area contributed by atoms with Gasteiger partial charge in [0, 0.05) is 30.7 Å². The number of carbonyl (C=O) groups excluding carboxylic acids is 1. The number of nitrogens with zero attached hydrogens (tertiary/aromatic N) is 1. The van der Waals surface area contributed by atoms with E-state index >= 15 is 0 Å². The number of hydrogen-bond donors (Lipinski definition) is 1. The maximum absolute atomic E-state index is 11.8. The van der Waals surface area contributed by atoms with E-state index in [-0.39, 0.29) is 12.2 Å². The van der Waals surface area contributed by atoms with E-state index < -0.39 is 5.91 Å². The highest BCUT2D eigenvalue weighted by atomic mass is 35.5. The molecule has 33 heavy (non-hydrogen) atoms. The minimum absolute atomic E-state index is 0.244. The topological polar surface area (TPSA) is 55.6 Å². The minimum atomic E-state index is -0.466. The van der Waals surface area contributed by atoms with Crippen molar-refractivity contribution in [3.05, 3.63) is 101 Å². The van der Waals surface area contributed by atoms with Gasteiger partial charge in [-0.1, -0.05) is 72.3 Å². The molecule has 5 heteroatoms. The number of hydrogen-bond acceptors (Lipinski definition) is 3. The maximum Gasteiger partial charge on any atom is 0.242 e. The van der Waals surface area contributed by atoms with Gasteiger partial charge in [0.2, 0.25) is 5.91 Å². The first-order valence-corrected chi connectivity index (χ1v) is 11.6. The molecule has 1 fully saturated rings. The van der Waals surface area contributed by atoms with E-state index in [2.05, 4.69) is 43.0 Å². The third kappa shape index (κ3) is 6.11. The monoisotopic (exact) mass is 460 g/mol. The molecule has 170 valence electrons. The Bertz CT molecular complexity index is 1110. The van der Waals surface area contributed by atoms with Crippen molar-refractivity contribution in [2.24, 2.45) is 5.73 Å². The van der Waals surface area contributed by atoms with Crippen molar-refractivity contribution in [2.45, 2.75) is 32.6 Å². The van der Waals surface area contributed by atoms with Crippen LogP contribution in [0.25, 0.3) is 16.7 Å². The molecule has 4 rings (SSSR count). The molecule has 4 nitrogen and oxygen atoms in total. The first-order valence-electron chi connectivity index (χ1n) is 11.2. The van der Waals surface area contributed by atoms with Gasteiger partial charge in [-0.2, -0.15) is 0 Å². The van der Waals surface area contributed by atoms with Crippen LogP contribution >= 0.6 is 11.6 Å². The predicted octanol–water partition coefficient (Wildman–Crippen LogP) is 5.53. The van der Waals surface area contributed by atoms with Crippen molar-refractivity contribution in [3.8, 4) is 11.1 Å². The van der Waals surface area contributed by atoms with Crippen molar-refractivity contribution in [3.63, 3.8) is 0 Å². The van der Waals surface area contributed by atoms with Gasteiger partial charge < -0.3 is 10.5 Å². The lowest BCUT2D eigenvalue weighted by molar-refractivity contribution is -0.113. The smallest absolute Gasteiger partial charge is 0.242 e. The van der Waals surface area contributed by atoms with Crippen LogP contribution in [0.15, 0.2) is 78.9 Å². The molecule has 0 saturated carbocycles. The van der Waals surface area contributed by atoms with Crippen LogP contribution < -0.4 is 5.73 Å². The molecule has 0 aromatic heterocycles. The number of carbonyl (C=O) groups is 1. The lowest BCUT2D eigenvalue weighted by Crippen LogP contribution is -2.44. The van der Waals surface area contributed by atoms with Gasteiger partial charge in [-0.15, -0.1) is 0 Å². The molecule has 0 radical (unpaired) electrons. The Morgan fingerprint density at radius 2 is 1.39 bits per heavy atom. The summed E-state index contributed by atoms with van der Waals surface area (Å²) in [5, 5.41) is 0.711. The number of rotatable bonds is 6. The zero-order valence-electron chi connectivity index (χ0n) is 19.0. The number of ether oxygens (including phenoxy) is 1. The molecule has 1 saturated heterocycles. The number of amides is 1. The average molecular weight is 461 g/mol. The highest BCUT2D eigenvalue weighted by Gasteiger charge is 2.22. The van der Waals surface area contributed by atoms with Crippen LogP contribution in [0.4, 0.5) is 0 Å². The molecular formula is C28H29ClN2O2. The fourth-order valence-corrected chi connectivity index (χ4v) is 4.55. The normalized spacial score (nSPS) is 19.4. The second-order valence-corrected chi connectivity index (χ2v) is 9.13. The van der Waals surface area contributed by atoms with Crippen LogP contribution in [0.5, 0.6) is 0 Å². The van der Waals surface area contributed by atoms with Gasteiger partial charge in [-0.3, -0.25) is 9.69 Å². The van der Waals surface area contributed by atoms with Gasteiger partial charge in [0.05, 0.1) is 12.2 Å². The van der Waals surface area contributed by atoms with E-state index in [1.54, 1.807) is 0 Å². The van der Waals surface area contributed by atoms with E-state index in [1.165, 1.54) is 11.6 Å². The summed E-state index contributed by atoms with van der Waals surface area (Å²) >= 11 is 6.00. The van der Waals surface area contributed by atoms with Crippen molar-refractivity contribution in [1.82, 2.24) is 4.90 Å². The van der Waals surface area contributed by atoms with Crippen LogP contribution in [-0.2, 0) is 16.1 Å². The Balaban J connectivity index is 1.54. The van der Waals surface area contributed by atoms with Crippen LogP contribution in [0.1, 0.15) is 30.5 Å². The molecule has 0 aliphatic carbocycles. The largest absolute Gasteiger partial charge is 0.373 e. The van der Waals surface area contributed by atoms with Gasteiger partial charge in [0.1, 0.15) is 0 Å². The van der Waals surface area contributed by atoms with Crippen molar-refractivity contribution < 1.29 is 9.53 Å². The molecule has 3 aromatic carbocycles. The second-order valence-electron chi connectivity index (χ2n) is 8.69. The van der Waals surface area contributed by atoms with Gasteiger partial charge in [0.25, 0.3) is 0 Å². The maximum atomic E-state index is 11.8. The standard InChI is InChI=1S/C28H29ClN2O2/c1-19-16-31(17-20(2)33-19)18-21-3-5-24(6-4-21)27(15-28(30)32)25-9-7-22(8-10-25)23-11-13-26(29)14-12-23/h3-15,19-20H,16-18H2,1-2H3,(H2,30,32)/b27-15-. The molecule has 0 bridgehead atoms. The summed E-state index contributed by atoms with van der Waals surface area (Å²) in [5.74, 6) is -0.466. The molecule has 3 aromatic rings. The van der Waals surface area contributed by atoms with Gasteiger partial charge >= 0.3 is 0 Å². The Morgan fingerprint density at radius 1 is 0.909 bits per heavy atom. The average Bonchev–Trinajstić information content (AvgIpc) is 2.78. The number of morpholine rings is 1. The van der Waals surface area contributed by atoms with Crippen LogP contribution in [0.2, 0.25) is 5.02 Å². The fourth-order valence-electron chi connectivity index (χ4n) is 4.42. The van der Waals surface area contributed by atoms with E-state index in [0.717, 1.165) is 47.5 Å². The molecule has 0 spiro atoms. The molecule has 1 amide bonds. The summed E-state index contributed by atoms with van der Waals surface area (Å²) < 4.78 is 5.83. The fraction of sp³-hybridized carbons (Fsp3) is 0.250. The zero-order chi connectivity index (χ0) is 23.4. The van der Waals surface area contributed by atoms with Crippen molar-refractivity contribution in [2.75, 3.05) is 13.1 Å². The molecule has 1 heterocycles. The first kappa shape index (κ1) is 23.2. The summed E-state index contributed by atoms with van der Waals surface area (Å²) in [5.41, 5.74) is 11.6. The number of halogens is 1. The van der Waals surface area contributed by atoms with Crippen LogP contribution in [0, 0.1) is 0 Å². The number of primary amides is 1.